The lowest BCUT2D eigenvalue weighted by Gasteiger charge is -2.19. The van der Waals surface area contributed by atoms with Crippen molar-refractivity contribution in [2.24, 2.45) is 11.7 Å². The van der Waals surface area contributed by atoms with E-state index < -0.39 is 0 Å². The molecule has 1 nitrogen and oxygen atoms in total. The molecule has 0 aliphatic heterocycles. The van der Waals surface area contributed by atoms with Gasteiger partial charge in [-0.1, -0.05) is 213 Å². The predicted molar refractivity (Wildman–Crippen MR) is 176 cm³/mol. The summed E-state index contributed by atoms with van der Waals surface area (Å²) in [4.78, 5) is 0. The van der Waals surface area contributed by atoms with Gasteiger partial charge in [0.2, 0.25) is 0 Å². The van der Waals surface area contributed by atoms with Crippen LogP contribution < -0.4 is 5.73 Å². The molecule has 2 atom stereocenters. The summed E-state index contributed by atoms with van der Waals surface area (Å²) in [6.07, 6.45) is 46.4. The molecular weight excluding hydrogens is 458 g/mol. The first-order chi connectivity index (χ1) is 18.7. The van der Waals surface area contributed by atoms with Gasteiger partial charge in [-0.3, -0.25) is 0 Å². The zero-order chi connectivity index (χ0) is 27.8. The second-order valence-electron chi connectivity index (χ2n) is 13.2. The van der Waals surface area contributed by atoms with Crippen LogP contribution in [0.2, 0.25) is 0 Å². The Kier molecular flexibility index (Phi) is 33.1. The summed E-state index contributed by atoms with van der Waals surface area (Å²) in [5, 5.41) is 0. The Hall–Kier alpha value is -0.0400. The molecule has 0 spiro atoms. The molecule has 0 bridgehead atoms. The van der Waals surface area contributed by atoms with Crippen LogP contribution in [-0.2, 0) is 0 Å². The van der Waals surface area contributed by atoms with Gasteiger partial charge in [0.05, 0.1) is 0 Å². The minimum Gasteiger partial charge on any atom is -0.328 e. The van der Waals surface area contributed by atoms with E-state index in [4.69, 9.17) is 5.73 Å². The smallest absolute Gasteiger partial charge is 0.00131 e. The Bertz CT molecular complexity index is 404. The van der Waals surface area contributed by atoms with Gasteiger partial charge in [0.1, 0.15) is 0 Å². The van der Waals surface area contributed by atoms with Crippen LogP contribution in [0.4, 0.5) is 0 Å². The molecule has 1 heteroatoms. The maximum atomic E-state index is 6.20. The summed E-state index contributed by atoms with van der Waals surface area (Å²) in [5.74, 6) is 0.884. The molecule has 38 heavy (non-hydrogen) atoms. The van der Waals surface area contributed by atoms with Crippen LogP contribution in [0.15, 0.2) is 0 Å². The molecule has 230 valence electrons. The SMILES string of the molecule is CCCCCCCCCCCCCCCCCC(CCCCCCCCCCCCCCCC)CC(C)N. The normalized spacial score (nSPS) is 13.3. The quantitative estimate of drug-likeness (QED) is 0.0830. The molecule has 0 rings (SSSR count). The summed E-state index contributed by atoms with van der Waals surface area (Å²) >= 11 is 0. The van der Waals surface area contributed by atoms with Crippen molar-refractivity contribution in [3.8, 4) is 0 Å². The molecule has 0 aromatic rings. The van der Waals surface area contributed by atoms with Crippen LogP contribution in [0.3, 0.4) is 0 Å². The lowest BCUT2D eigenvalue weighted by molar-refractivity contribution is 0.360. The van der Waals surface area contributed by atoms with Crippen molar-refractivity contribution in [3.63, 3.8) is 0 Å². The van der Waals surface area contributed by atoms with Gasteiger partial charge in [-0.2, -0.15) is 0 Å². The molecule has 0 aliphatic rings. The largest absolute Gasteiger partial charge is 0.328 e. The highest BCUT2D eigenvalue weighted by molar-refractivity contribution is 4.66. The highest BCUT2D eigenvalue weighted by atomic mass is 14.6. The molecule has 2 unspecified atom stereocenters. The van der Waals surface area contributed by atoms with E-state index in [1.807, 2.05) is 0 Å². The highest BCUT2D eigenvalue weighted by Gasteiger charge is 2.11. The molecule has 0 amide bonds. The first-order valence-electron chi connectivity index (χ1n) is 18.5. The van der Waals surface area contributed by atoms with Gasteiger partial charge in [-0.25, -0.2) is 0 Å². The zero-order valence-corrected chi connectivity index (χ0v) is 27.4. The van der Waals surface area contributed by atoms with Crippen molar-refractivity contribution in [1.29, 1.82) is 0 Å². The molecule has 0 radical (unpaired) electrons. The van der Waals surface area contributed by atoms with Crippen molar-refractivity contribution < 1.29 is 0 Å². The summed E-state index contributed by atoms with van der Waals surface area (Å²) in [6, 6.07) is 0.378. The first kappa shape index (κ1) is 38.0. The van der Waals surface area contributed by atoms with E-state index in [-0.39, 0.29) is 0 Å². The van der Waals surface area contributed by atoms with Crippen molar-refractivity contribution in [2.45, 2.75) is 232 Å². The fraction of sp³-hybridized carbons (Fsp3) is 1.00. The van der Waals surface area contributed by atoms with Crippen molar-refractivity contribution in [2.75, 3.05) is 0 Å². The van der Waals surface area contributed by atoms with Crippen LogP contribution in [-0.4, -0.2) is 6.04 Å². The van der Waals surface area contributed by atoms with Crippen LogP contribution in [0, 0.1) is 5.92 Å². The summed E-state index contributed by atoms with van der Waals surface area (Å²) in [5.41, 5.74) is 6.20. The van der Waals surface area contributed by atoms with Crippen molar-refractivity contribution >= 4 is 0 Å². The molecule has 2 N–H and O–H groups in total. The second-order valence-corrected chi connectivity index (χ2v) is 13.2. The van der Waals surface area contributed by atoms with Crippen molar-refractivity contribution in [3.05, 3.63) is 0 Å². The van der Waals surface area contributed by atoms with Crippen LogP contribution in [0.25, 0.3) is 0 Å². The van der Waals surface area contributed by atoms with E-state index in [0.717, 1.165) is 5.92 Å². The number of nitrogens with two attached hydrogens (primary N) is 1. The van der Waals surface area contributed by atoms with E-state index in [0.29, 0.717) is 6.04 Å². The number of hydrogen-bond donors (Lipinski definition) is 1. The molecule has 0 aromatic carbocycles. The fourth-order valence-electron chi connectivity index (χ4n) is 6.34. The molecule has 0 aromatic heterocycles. The first-order valence-corrected chi connectivity index (χ1v) is 18.5. The Morgan fingerprint density at radius 2 is 0.553 bits per heavy atom. The van der Waals surface area contributed by atoms with Gasteiger partial charge >= 0.3 is 0 Å². The van der Waals surface area contributed by atoms with Gasteiger partial charge in [0.15, 0.2) is 0 Å². The second kappa shape index (κ2) is 33.2. The summed E-state index contributed by atoms with van der Waals surface area (Å²) in [7, 11) is 0. The molecule has 0 fully saturated rings. The number of hydrogen-bond acceptors (Lipinski definition) is 1. The predicted octanol–water partition coefficient (Wildman–Crippen LogP) is 13.5. The third kappa shape index (κ3) is 32.2. The monoisotopic (exact) mass is 536 g/mol. The Labute approximate surface area is 243 Å². The van der Waals surface area contributed by atoms with Crippen LogP contribution in [0.5, 0.6) is 0 Å². The average molecular weight is 536 g/mol. The van der Waals surface area contributed by atoms with E-state index in [1.165, 1.54) is 205 Å². The lowest BCUT2D eigenvalue weighted by atomic mass is 9.89. The van der Waals surface area contributed by atoms with Gasteiger partial charge in [0, 0.05) is 6.04 Å². The number of rotatable bonds is 33. The van der Waals surface area contributed by atoms with Crippen LogP contribution >= 0.6 is 0 Å². The Balaban J connectivity index is 3.47. The van der Waals surface area contributed by atoms with Crippen LogP contribution in [0.1, 0.15) is 226 Å². The fourth-order valence-corrected chi connectivity index (χ4v) is 6.34. The summed E-state index contributed by atoms with van der Waals surface area (Å²) in [6.45, 7) is 6.83. The van der Waals surface area contributed by atoms with Gasteiger partial charge in [-0.15, -0.1) is 0 Å². The van der Waals surface area contributed by atoms with E-state index >= 15 is 0 Å². The molecule has 0 saturated heterocycles. The van der Waals surface area contributed by atoms with Gasteiger partial charge in [-0.05, 0) is 19.3 Å². The Morgan fingerprint density at radius 1 is 0.342 bits per heavy atom. The molecule has 0 heterocycles. The third-order valence-corrected chi connectivity index (χ3v) is 8.89. The molecule has 0 aliphatic carbocycles. The van der Waals surface area contributed by atoms with E-state index in [2.05, 4.69) is 20.8 Å². The zero-order valence-electron chi connectivity index (χ0n) is 27.4. The average Bonchev–Trinajstić information content (AvgIpc) is 2.90. The van der Waals surface area contributed by atoms with Gasteiger partial charge < -0.3 is 5.73 Å². The van der Waals surface area contributed by atoms with E-state index in [1.54, 1.807) is 0 Å². The number of unbranched alkanes of at least 4 members (excludes halogenated alkanes) is 27. The Morgan fingerprint density at radius 3 is 0.763 bits per heavy atom. The maximum absolute atomic E-state index is 6.20. The minimum atomic E-state index is 0.378. The highest BCUT2D eigenvalue weighted by Crippen LogP contribution is 2.23. The third-order valence-electron chi connectivity index (χ3n) is 8.89. The minimum absolute atomic E-state index is 0.378. The standard InChI is InChI=1S/C37H77N/c1-4-6-8-10-12-14-16-18-20-22-24-26-28-30-32-34-37(35-36(3)38)33-31-29-27-25-23-21-19-17-15-13-11-9-7-5-2/h36-37H,4-35,38H2,1-3H3. The maximum Gasteiger partial charge on any atom is 0.00131 e. The lowest BCUT2D eigenvalue weighted by Crippen LogP contribution is -2.19. The van der Waals surface area contributed by atoms with Gasteiger partial charge in [0.25, 0.3) is 0 Å². The topological polar surface area (TPSA) is 26.0 Å². The molecule has 0 saturated carbocycles. The summed E-state index contributed by atoms with van der Waals surface area (Å²) < 4.78 is 0. The van der Waals surface area contributed by atoms with E-state index in [9.17, 15) is 0 Å². The molecular formula is C37H77N. The van der Waals surface area contributed by atoms with Crippen molar-refractivity contribution in [1.82, 2.24) is 0 Å².